The Morgan fingerprint density at radius 3 is 2.05 bits per heavy atom. The van der Waals surface area contributed by atoms with Gasteiger partial charge in [0.25, 0.3) is 10.1 Å². The first kappa shape index (κ1) is 14.3. The molecule has 19 heavy (non-hydrogen) atoms. The van der Waals surface area contributed by atoms with E-state index in [0.717, 1.165) is 5.56 Å². The lowest BCUT2D eigenvalue weighted by Gasteiger charge is -2.41. The molecule has 1 saturated carbocycles. The molecule has 1 fully saturated rings. The van der Waals surface area contributed by atoms with Crippen LogP contribution in [-0.2, 0) is 14.3 Å². The van der Waals surface area contributed by atoms with E-state index < -0.39 is 21.9 Å². The van der Waals surface area contributed by atoms with Crippen molar-refractivity contribution in [2.75, 3.05) is 0 Å². The molecule has 1 aliphatic carbocycles. The van der Waals surface area contributed by atoms with Crippen molar-refractivity contribution < 1.29 is 25.8 Å². The molecule has 1 aromatic rings. The molecular formula is C12H13F3O3S. The van der Waals surface area contributed by atoms with E-state index in [0.29, 0.717) is 6.42 Å². The Morgan fingerprint density at radius 1 is 1.16 bits per heavy atom. The molecule has 2 rings (SSSR count). The van der Waals surface area contributed by atoms with Gasteiger partial charge in [-0.15, -0.1) is 0 Å². The summed E-state index contributed by atoms with van der Waals surface area (Å²) >= 11 is 0. The van der Waals surface area contributed by atoms with Crippen LogP contribution in [0.1, 0.15) is 24.8 Å². The fourth-order valence-corrected chi connectivity index (χ4v) is 3.12. The van der Waals surface area contributed by atoms with Gasteiger partial charge in [-0.05, 0) is 38.3 Å². The largest absolute Gasteiger partial charge is 0.418 e. The van der Waals surface area contributed by atoms with E-state index in [1.54, 1.807) is 6.92 Å². The van der Waals surface area contributed by atoms with Crippen molar-refractivity contribution in [3.05, 3.63) is 29.8 Å². The van der Waals surface area contributed by atoms with Crippen LogP contribution in [0.25, 0.3) is 0 Å². The highest BCUT2D eigenvalue weighted by atomic mass is 32.2. The fourth-order valence-electron chi connectivity index (χ4n) is 1.87. The summed E-state index contributed by atoms with van der Waals surface area (Å²) < 4.78 is 66.9. The molecule has 0 atom stereocenters. The summed E-state index contributed by atoms with van der Waals surface area (Å²) in [7, 11) is -4.40. The van der Waals surface area contributed by atoms with Crippen LogP contribution in [0.5, 0.6) is 0 Å². The summed E-state index contributed by atoms with van der Waals surface area (Å²) in [5.41, 5.74) is -1.73. The zero-order chi connectivity index (χ0) is 14.3. The molecule has 0 aromatic heterocycles. The van der Waals surface area contributed by atoms with E-state index in [1.165, 1.54) is 24.3 Å². The molecule has 106 valence electrons. The van der Waals surface area contributed by atoms with E-state index >= 15 is 0 Å². The minimum absolute atomic E-state index is 0.256. The van der Waals surface area contributed by atoms with E-state index in [4.69, 9.17) is 0 Å². The lowest BCUT2D eigenvalue weighted by atomic mass is 9.80. The van der Waals surface area contributed by atoms with Crippen LogP contribution in [-0.4, -0.2) is 20.2 Å². The Morgan fingerprint density at radius 2 is 1.68 bits per heavy atom. The maximum Gasteiger partial charge on any atom is 0.418 e. The zero-order valence-corrected chi connectivity index (χ0v) is 11.0. The molecule has 0 unspecified atom stereocenters. The molecule has 0 spiro atoms. The van der Waals surface area contributed by atoms with Crippen LogP contribution in [0.4, 0.5) is 13.2 Å². The third-order valence-corrected chi connectivity index (χ3v) is 4.64. The summed E-state index contributed by atoms with van der Waals surface area (Å²) in [5.74, 6) is 0. The molecule has 0 heterocycles. The fraction of sp³-hybridized carbons (Fsp3) is 0.500. The van der Waals surface area contributed by atoms with Crippen molar-refractivity contribution in [1.29, 1.82) is 0 Å². The maximum atomic E-state index is 12.9. The van der Waals surface area contributed by atoms with Gasteiger partial charge in [0.05, 0.1) is 4.90 Å². The molecule has 1 aliphatic rings. The average Bonchev–Trinajstić information content (AvgIpc) is 2.22. The van der Waals surface area contributed by atoms with Gasteiger partial charge in [0.15, 0.2) is 5.60 Å². The van der Waals surface area contributed by atoms with Gasteiger partial charge in [-0.25, -0.2) is 0 Å². The maximum absolute atomic E-state index is 12.9. The number of alkyl halides is 3. The topological polar surface area (TPSA) is 43.4 Å². The Kier molecular flexibility index (Phi) is 3.38. The Balaban J connectivity index is 2.29. The van der Waals surface area contributed by atoms with Crippen LogP contribution in [0.15, 0.2) is 29.2 Å². The molecule has 7 heteroatoms. The van der Waals surface area contributed by atoms with Gasteiger partial charge >= 0.3 is 6.18 Å². The lowest BCUT2D eigenvalue weighted by Crippen LogP contribution is -2.54. The van der Waals surface area contributed by atoms with E-state index in [2.05, 4.69) is 4.18 Å². The normalized spacial score (nSPS) is 18.9. The first-order valence-corrected chi connectivity index (χ1v) is 7.16. The Labute approximate surface area is 109 Å². The van der Waals surface area contributed by atoms with Crippen LogP contribution in [0.2, 0.25) is 0 Å². The quantitative estimate of drug-likeness (QED) is 0.804. The van der Waals surface area contributed by atoms with Crippen molar-refractivity contribution in [2.24, 2.45) is 0 Å². The monoisotopic (exact) mass is 294 g/mol. The van der Waals surface area contributed by atoms with Crippen molar-refractivity contribution in [3.8, 4) is 0 Å². The van der Waals surface area contributed by atoms with Gasteiger partial charge in [-0.3, -0.25) is 4.18 Å². The van der Waals surface area contributed by atoms with Crippen LogP contribution in [0, 0.1) is 6.92 Å². The van der Waals surface area contributed by atoms with E-state index in [1.807, 2.05) is 0 Å². The zero-order valence-electron chi connectivity index (χ0n) is 10.2. The first-order chi connectivity index (χ1) is 8.66. The SMILES string of the molecule is Cc1ccc(S(=O)(=O)OC2(C(F)(F)F)CCC2)cc1. The minimum Gasteiger partial charge on any atom is -0.250 e. The predicted molar refractivity (Wildman–Crippen MR) is 62.1 cm³/mol. The average molecular weight is 294 g/mol. The second kappa shape index (κ2) is 4.49. The van der Waals surface area contributed by atoms with Gasteiger partial charge < -0.3 is 0 Å². The molecule has 1 aromatic carbocycles. The first-order valence-electron chi connectivity index (χ1n) is 5.75. The van der Waals surface area contributed by atoms with Gasteiger partial charge in [-0.2, -0.15) is 21.6 Å². The second-order valence-corrected chi connectivity index (χ2v) is 6.24. The molecule has 3 nitrogen and oxygen atoms in total. The van der Waals surface area contributed by atoms with E-state index in [9.17, 15) is 21.6 Å². The van der Waals surface area contributed by atoms with Crippen molar-refractivity contribution >= 4 is 10.1 Å². The molecule has 0 bridgehead atoms. The van der Waals surface area contributed by atoms with Gasteiger partial charge in [0.1, 0.15) is 0 Å². The van der Waals surface area contributed by atoms with E-state index in [-0.39, 0.29) is 17.7 Å². The summed E-state index contributed by atoms with van der Waals surface area (Å²) in [6.07, 6.45) is -5.00. The minimum atomic E-state index is -4.68. The second-order valence-electron chi connectivity index (χ2n) is 4.70. The van der Waals surface area contributed by atoms with Crippen molar-refractivity contribution in [1.82, 2.24) is 0 Å². The Bertz CT molecular complexity index is 557. The van der Waals surface area contributed by atoms with Crippen LogP contribution < -0.4 is 0 Å². The highest BCUT2D eigenvalue weighted by Gasteiger charge is 2.62. The standard InChI is InChI=1S/C12H13F3O3S/c1-9-3-5-10(6-4-9)19(16,17)18-11(7-2-8-11)12(13,14)15/h3-6H,2,7-8H2,1H3. The third kappa shape index (κ3) is 2.62. The van der Waals surface area contributed by atoms with Gasteiger partial charge in [0, 0.05) is 0 Å². The smallest absolute Gasteiger partial charge is 0.250 e. The van der Waals surface area contributed by atoms with Crippen LogP contribution >= 0.6 is 0 Å². The summed E-state index contributed by atoms with van der Waals surface area (Å²) in [6.45, 7) is 1.75. The van der Waals surface area contributed by atoms with Gasteiger partial charge in [-0.1, -0.05) is 17.7 Å². The highest BCUT2D eigenvalue weighted by molar-refractivity contribution is 7.86. The Hall–Kier alpha value is -1.08. The van der Waals surface area contributed by atoms with Gasteiger partial charge in [0.2, 0.25) is 0 Å². The number of hydrogen-bond donors (Lipinski definition) is 0. The number of halogens is 3. The molecule has 0 amide bonds. The molecule has 0 N–H and O–H groups in total. The molecule has 0 radical (unpaired) electrons. The number of rotatable bonds is 3. The number of benzene rings is 1. The summed E-state index contributed by atoms with van der Waals surface area (Å²) in [6, 6.07) is 5.51. The van der Waals surface area contributed by atoms with Crippen molar-refractivity contribution in [3.63, 3.8) is 0 Å². The predicted octanol–water partition coefficient (Wildman–Crippen LogP) is 3.19. The molecule has 0 aliphatic heterocycles. The van der Waals surface area contributed by atoms with Crippen LogP contribution in [0.3, 0.4) is 0 Å². The van der Waals surface area contributed by atoms with Crippen molar-refractivity contribution in [2.45, 2.75) is 42.9 Å². The molecule has 0 saturated heterocycles. The summed E-state index contributed by atoms with van der Waals surface area (Å²) in [4.78, 5) is -0.256. The lowest BCUT2D eigenvalue weighted by molar-refractivity contribution is -0.273. The number of hydrogen-bond acceptors (Lipinski definition) is 3. The third-order valence-electron chi connectivity index (χ3n) is 3.26. The highest BCUT2D eigenvalue weighted by Crippen LogP contribution is 2.49. The molecular weight excluding hydrogens is 281 g/mol. The number of aryl methyl sites for hydroxylation is 1. The summed E-state index contributed by atoms with van der Waals surface area (Å²) in [5, 5.41) is 0.